The van der Waals surface area contributed by atoms with Gasteiger partial charge in [0.2, 0.25) is 0 Å². The summed E-state index contributed by atoms with van der Waals surface area (Å²) in [5, 5.41) is 0. The number of halogens is 1. The van der Waals surface area contributed by atoms with Crippen LogP contribution in [-0.4, -0.2) is 33.9 Å². The number of carbonyl (C=O) groups excluding carboxylic acids is 1. The van der Waals surface area contributed by atoms with Crippen LogP contribution in [0.2, 0.25) is 0 Å². The van der Waals surface area contributed by atoms with Gasteiger partial charge in [0.25, 0.3) is 5.91 Å². The number of anilines is 1. The van der Waals surface area contributed by atoms with Crippen molar-refractivity contribution in [3.8, 4) is 0 Å². The van der Waals surface area contributed by atoms with Gasteiger partial charge >= 0.3 is 0 Å². The highest BCUT2D eigenvalue weighted by atomic mass is 32.1. The molecule has 1 aromatic heterocycles. The van der Waals surface area contributed by atoms with E-state index in [0.717, 1.165) is 38.3 Å². The maximum Gasteiger partial charge on any atom is 0.251 e. The summed E-state index contributed by atoms with van der Waals surface area (Å²) in [6.07, 6.45) is 10.6. The second-order valence-corrected chi connectivity index (χ2v) is 10.0. The van der Waals surface area contributed by atoms with E-state index in [0.29, 0.717) is 11.7 Å². The highest BCUT2D eigenvalue weighted by molar-refractivity contribution is 7.09. The van der Waals surface area contributed by atoms with Gasteiger partial charge in [-0.25, -0.2) is 9.37 Å². The molecule has 4 nitrogen and oxygen atoms in total. The highest BCUT2D eigenvalue weighted by Crippen LogP contribution is 2.41. The van der Waals surface area contributed by atoms with E-state index >= 15 is 0 Å². The summed E-state index contributed by atoms with van der Waals surface area (Å²) in [7, 11) is 0. The van der Waals surface area contributed by atoms with Gasteiger partial charge in [0.15, 0.2) is 0 Å². The van der Waals surface area contributed by atoms with Crippen molar-refractivity contribution in [1.29, 1.82) is 0 Å². The molecule has 2 atom stereocenters. The standard InChI is InChI=1S/C24H28FN3OS/c1-17-14-24(9-8-23(29)28(24)20-7-3-6-19(25)13-20)10-11-27(17)15-22-21(26-16-30-22)12-18-4-2-5-18/h3,6-9,13,16-18H,2,4-5,10-12,14-15H2,1H3/t17-,24+/m0/s1. The van der Waals surface area contributed by atoms with Gasteiger partial charge in [-0.1, -0.05) is 31.4 Å². The first-order valence-electron chi connectivity index (χ1n) is 11.0. The van der Waals surface area contributed by atoms with E-state index in [1.807, 2.05) is 17.7 Å². The van der Waals surface area contributed by atoms with Crippen LogP contribution < -0.4 is 4.90 Å². The first kappa shape index (κ1) is 19.9. The average molecular weight is 426 g/mol. The Hall–Kier alpha value is -2.05. The minimum absolute atomic E-state index is 0.0495. The number of nitrogens with zero attached hydrogens (tertiary/aromatic N) is 3. The van der Waals surface area contributed by atoms with Gasteiger partial charge in [0.05, 0.1) is 16.7 Å². The van der Waals surface area contributed by atoms with Crippen LogP contribution in [0.15, 0.2) is 41.9 Å². The number of rotatable bonds is 5. The minimum atomic E-state index is -0.358. The van der Waals surface area contributed by atoms with E-state index in [4.69, 9.17) is 0 Å². The smallest absolute Gasteiger partial charge is 0.251 e. The molecular weight excluding hydrogens is 397 g/mol. The maximum absolute atomic E-state index is 13.8. The number of amides is 1. The zero-order chi connectivity index (χ0) is 20.7. The number of hydrogen-bond acceptors (Lipinski definition) is 4. The van der Waals surface area contributed by atoms with Gasteiger partial charge in [-0.05, 0) is 50.3 Å². The Bertz CT molecular complexity index is 969. The van der Waals surface area contributed by atoms with Crippen LogP contribution in [-0.2, 0) is 17.8 Å². The lowest BCUT2D eigenvalue weighted by Gasteiger charge is -2.47. The molecule has 2 fully saturated rings. The largest absolute Gasteiger partial charge is 0.299 e. The molecule has 0 bridgehead atoms. The normalized spacial score (nSPS) is 27.2. The molecule has 1 saturated heterocycles. The van der Waals surface area contributed by atoms with Crippen molar-refractivity contribution in [2.45, 2.75) is 63.6 Å². The SMILES string of the molecule is C[C@H]1C[C@@]2(C=CC(=O)N2c2cccc(F)c2)CCN1Cc1scnc1CC1CCC1. The van der Waals surface area contributed by atoms with E-state index in [1.165, 1.54) is 42.0 Å². The van der Waals surface area contributed by atoms with Crippen LogP contribution in [0, 0.1) is 11.7 Å². The molecule has 30 heavy (non-hydrogen) atoms. The van der Waals surface area contributed by atoms with Gasteiger partial charge in [-0.15, -0.1) is 11.3 Å². The van der Waals surface area contributed by atoms with Gasteiger partial charge in [-0.3, -0.25) is 14.6 Å². The van der Waals surface area contributed by atoms with E-state index in [9.17, 15) is 9.18 Å². The monoisotopic (exact) mass is 425 g/mol. The van der Waals surface area contributed by atoms with Crippen LogP contribution in [0.3, 0.4) is 0 Å². The third kappa shape index (κ3) is 3.60. The summed E-state index contributed by atoms with van der Waals surface area (Å²) >= 11 is 1.77. The molecule has 0 radical (unpaired) electrons. The Balaban J connectivity index is 1.31. The predicted octanol–water partition coefficient (Wildman–Crippen LogP) is 4.95. The quantitative estimate of drug-likeness (QED) is 0.680. The number of aromatic nitrogens is 1. The number of likely N-dealkylation sites (tertiary alicyclic amines) is 1. The van der Waals surface area contributed by atoms with Crippen LogP contribution >= 0.6 is 11.3 Å². The lowest BCUT2D eigenvalue weighted by Crippen LogP contribution is -2.56. The molecule has 1 spiro atoms. The summed E-state index contributed by atoms with van der Waals surface area (Å²) in [5.74, 6) is 0.464. The number of benzene rings is 1. The summed E-state index contributed by atoms with van der Waals surface area (Å²) in [4.78, 5) is 23.1. The maximum atomic E-state index is 13.8. The van der Waals surface area contributed by atoms with Gasteiger partial charge in [0, 0.05) is 35.8 Å². The van der Waals surface area contributed by atoms with E-state index in [2.05, 4.69) is 16.8 Å². The second kappa shape index (κ2) is 7.89. The van der Waals surface area contributed by atoms with Crippen LogP contribution in [0.4, 0.5) is 10.1 Å². The molecule has 2 aliphatic heterocycles. The van der Waals surface area contributed by atoms with E-state index in [-0.39, 0.29) is 17.3 Å². The van der Waals surface area contributed by atoms with Gasteiger partial charge < -0.3 is 0 Å². The molecule has 158 valence electrons. The summed E-state index contributed by atoms with van der Waals surface area (Å²) in [6.45, 7) is 4.08. The first-order chi connectivity index (χ1) is 14.5. The molecule has 1 amide bonds. The van der Waals surface area contributed by atoms with Crippen molar-refractivity contribution in [2.24, 2.45) is 5.92 Å². The Morgan fingerprint density at radius 2 is 2.20 bits per heavy atom. The summed E-state index contributed by atoms with van der Waals surface area (Å²) in [5.41, 5.74) is 3.57. The van der Waals surface area contributed by atoms with E-state index in [1.54, 1.807) is 28.4 Å². The molecule has 6 heteroatoms. The fourth-order valence-corrected chi connectivity index (χ4v) is 6.05. The zero-order valence-electron chi connectivity index (χ0n) is 17.4. The van der Waals surface area contributed by atoms with Crippen molar-refractivity contribution in [3.05, 3.63) is 58.3 Å². The number of thiazole rings is 1. The molecule has 0 unspecified atom stereocenters. The fraction of sp³-hybridized carbons (Fsp3) is 0.500. The molecule has 3 aliphatic rings. The number of hydrogen-bond donors (Lipinski definition) is 0. The fourth-order valence-electron chi connectivity index (χ4n) is 5.23. The van der Waals surface area contributed by atoms with Crippen molar-refractivity contribution in [3.63, 3.8) is 0 Å². The summed E-state index contributed by atoms with van der Waals surface area (Å²) < 4.78 is 13.8. The second-order valence-electron chi connectivity index (χ2n) is 9.09. The Morgan fingerprint density at radius 1 is 1.33 bits per heavy atom. The molecule has 1 saturated carbocycles. The third-order valence-corrected chi connectivity index (χ3v) is 8.01. The van der Waals surface area contributed by atoms with Crippen molar-refractivity contribution in [2.75, 3.05) is 11.4 Å². The molecule has 1 aromatic carbocycles. The lowest BCUT2D eigenvalue weighted by atomic mass is 9.81. The van der Waals surface area contributed by atoms with Crippen LogP contribution in [0.1, 0.15) is 49.6 Å². The molecule has 1 aliphatic carbocycles. The van der Waals surface area contributed by atoms with E-state index < -0.39 is 0 Å². The Kier molecular flexibility index (Phi) is 5.23. The van der Waals surface area contributed by atoms with Crippen molar-refractivity contribution in [1.82, 2.24) is 9.88 Å². The average Bonchev–Trinajstić information content (AvgIpc) is 3.25. The highest BCUT2D eigenvalue weighted by Gasteiger charge is 2.46. The first-order valence-corrected chi connectivity index (χ1v) is 11.9. The molecule has 5 rings (SSSR count). The molecule has 0 N–H and O–H groups in total. The van der Waals surface area contributed by atoms with Crippen LogP contribution in [0.25, 0.3) is 0 Å². The van der Waals surface area contributed by atoms with Crippen LogP contribution in [0.5, 0.6) is 0 Å². The minimum Gasteiger partial charge on any atom is -0.299 e. The Morgan fingerprint density at radius 3 is 2.93 bits per heavy atom. The number of carbonyl (C=O) groups is 1. The predicted molar refractivity (Wildman–Crippen MR) is 118 cm³/mol. The number of piperidine rings is 1. The topological polar surface area (TPSA) is 36.4 Å². The summed E-state index contributed by atoms with van der Waals surface area (Å²) in [6, 6.07) is 6.72. The zero-order valence-corrected chi connectivity index (χ0v) is 18.2. The molecular formula is C24H28FN3OS. The van der Waals surface area contributed by atoms with Crippen molar-refractivity contribution < 1.29 is 9.18 Å². The Labute approximate surface area is 181 Å². The molecule has 2 aromatic rings. The van der Waals surface area contributed by atoms with Gasteiger partial charge in [-0.2, -0.15) is 0 Å². The third-order valence-electron chi connectivity index (χ3n) is 7.15. The van der Waals surface area contributed by atoms with Gasteiger partial charge in [0.1, 0.15) is 5.82 Å². The lowest BCUT2D eigenvalue weighted by molar-refractivity contribution is -0.114. The molecule has 3 heterocycles. The van der Waals surface area contributed by atoms with Crippen molar-refractivity contribution >= 4 is 22.9 Å².